The van der Waals surface area contributed by atoms with Gasteiger partial charge in [0.05, 0.1) is 12.1 Å². The van der Waals surface area contributed by atoms with Crippen LogP contribution in [0.2, 0.25) is 5.02 Å². The lowest BCUT2D eigenvalue weighted by molar-refractivity contribution is 0.0938. The maximum absolute atomic E-state index is 12.7. The second-order valence-corrected chi connectivity index (χ2v) is 7.55. The molecular formula is C25H26ClNO3. The van der Waals surface area contributed by atoms with E-state index >= 15 is 0 Å². The van der Waals surface area contributed by atoms with Crippen LogP contribution in [0, 0.1) is 0 Å². The van der Waals surface area contributed by atoms with E-state index in [0.29, 0.717) is 22.1 Å². The van der Waals surface area contributed by atoms with Crippen molar-refractivity contribution in [3.8, 4) is 11.5 Å². The summed E-state index contributed by atoms with van der Waals surface area (Å²) in [6.07, 6.45) is 1.79. The lowest BCUT2D eigenvalue weighted by Crippen LogP contribution is -2.33. The average Bonchev–Trinajstić information content (AvgIpc) is 2.77. The molecule has 4 nitrogen and oxygen atoms in total. The predicted octanol–water partition coefficient (Wildman–Crippen LogP) is 5.68. The smallest absolute Gasteiger partial charge is 0.251 e. The van der Waals surface area contributed by atoms with Crippen LogP contribution in [-0.2, 0) is 13.0 Å². The fourth-order valence-electron chi connectivity index (χ4n) is 3.16. The molecular weight excluding hydrogens is 398 g/mol. The van der Waals surface area contributed by atoms with Crippen molar-refractivity contribution in [2.75, 3.05) is 7.11 Å². The summed E-state index contributed by atoms with van der Waals surface area (Å²) in [6, 6.07) is 23.0. The summed E-state index contributed by atoms with van der Waals surface area (Å²) < 4.78 is 11.2. The molecule has 1 N–H and O–H groups in total. The Morgan fingerprint density at radius 1 is 1.00 bits per heavy atom. The van der Waals surface area contributed by atoms with Crippen molar-refractivity contribution in [1.29, 1.82) is 0 Å². The van der Waals surface area contributed by atoms with Crippen molar-refractivity contribution in [2.45, 2.75) is 32.4 Å². The van der Waals surface area contributed by atoms with Crippen LogP contribution in [0.25, 0.3) is 0 Å². The van der Waals surface area contributed by atoms with Gasteiger partial charge < -0.3 is 14.8 Å². The van der Waals surface area contributed by atoms with Crippen LogP contribution in [0.4, 0.5) is 0 Å². The molecule has 0 radical (unpaired) electrons. The zero-order valence-corrected chi connectivity index (χ0v) is 18.0. The van der Waals surface area contributed by atoms with E-state index in [-0.39, 0.29) is 18.6 Å². The third kappa shape index (κ3) is 6.01. The number of nitrogens with one attached hydrogen (secondary N) is 1. The monoisotopic (exact) mass is 423 g/mol. The van der Waals surface area contributed by atoms with E-state index in [4.69, 9.17) is 21.1 Å². The Hall–Kier alpha value is -2.98. The second-order valence-electron chi connectivity index (χ2n) is 7.14. The quantitative estimate of drug-likeness (QED) is 0.481. The van der Waals surface area contributed by atoms with Crippen LogP contribution in [-0.4, -0.2) is 19.1 Å². The van der Waals surface area contributed by atoms with Crippen molar-refractivity contribution in [3.05, 3.63) is 94.5 Å². The first kappa shape index (κ1) is 21.7. The van der Waals surface area contributed by atoms with Gasteiger partial charge in [-0.25, -0.2) is 0 Å². The van der Waals surface area contributed by atoms with Crippen LogP contribution >= 0.6 is 11.6 Å². The van der Waals surface area contributed by atoms with E-state index in [2.05, 4.69) is 17.4 Å². The number of ether oxygens (including phenoxy) is 2. The van der Waals surface area contributed by atoms with Crippen LogP contribution in [0.5, 0.6) is 11.5 Å². The molecule has 3 rings (SSSR count). The molecule has 0 heterocycles. The molecule has 0 aliphatic rings. The minimum atomic E-state index is -0.114. The molecule has 0 aliphatic heterocycles. The van der Waals surface area contributed by atoms with Crippen molar-refractivity contribution in [1.82, 2.24) is 5.32 Å². The molecule has 0 saturated carbocycles. The van der Waals surface area contributed by atoms with E-state index in [1.165, 1.54) is 5.56 Å². The molecule has 5 heteroatoms. The van der Waals surface area contributed by atoms with Crippen LogP contribution in [0.1, 0.15) is 34.8 Å². The van der Waals surface area contributed by atoms with Gasteiger partial charge in [0.25, 0.3) is 5.91 Å². The van der Waals surface area contributed by atoms with Crippen molar-refractivity contribution < 1.29 is 14.3 Å². The number of aryl methyl sites for hydroxylation is 1. The number of hydrogen-bond donors (Lipinski definition) is 1. The zero-order valence-electron chi connectivity index (χ0n) is 17.2. The number of para-hydroxylation sites is 1. The van der Waals surface area contributed by atoms with Crippen LogP contribution < -0.4 is 14.8 Å². The van der Waals surface area contributed by atoms with Crippen molar-refractivity contribution in [3.63, 3.8) is 0 Å². The molecule has 156 valence electrons. The Morgan fingerprint density at radius 2 is 1.73 bits per heavy atom. The Kier molecular flexibility index (Phi) is 7.75. The molecule has 0 aliphatic carbocycles. The fraction of sp³-hybridized carbons (Fsp3) is 0.240. The number of carbonyl (C=O) groups is 1. The topological polar surface area (TPSA) is 47.6 Å². The normalized spacial score (nSPS) is 11.6. The maximum Gasteiger partial charge on any atom is 0.251 e. The van der Waals surface area contributed by atoms with E-state index in [1.807, 2.05) is 37.3 Å². The summed E-state index contributed by atoms with van der Waals surface area (Å²) in [5.74, 6) is 1.14. The number of rotatable bonds is 9. The largest absolute Gasteiger partial charge is 0.496 e. The molecule has 0 bridgehead atoms. The van der Waals surface area contributed by atoms with Gasteiger partial charge in [-0.2, -0.15) is 0 Å². The summed E-state index contributed by atoms with van der Waals surface area (Å²) in [7, 11) is 1.60. The molecule has 0 fully saturated rings. The van der Waals surface area contributed by atoms with Gasteiger partial charge in [0.2, 0.25) is 0 Å². The molecule has 1 atom stereocenters. The summed E-state index contributed by atoms with van der Waals surface area (Å²) in [5, 5.41) is 3.61. The van der Waals surface area contributed by atoms with Gasteiger partial charge >= 0.3 is 0 Å². The average molecular weight is 424 g/mol. The molecule has 3 aromatic rings. The summed E-state index contributed by atoms with van der Waals surface area (Å²) >= 11 is 6.16. The highest BCUT2D eigenvalue weighted by molar-refractivity contribution is 6.32. The highest BCUT2D eigenvalue weighted by Crippen LogP contribution is 2.27. The molecule has 0 spiro atoms. The molecule has 3 aromatic carbocycles. The Labute approximate surface area is 182 Å². The minimum Gasteiger partial charge on any atom is -0.496 e. The number of hydrogen-bond acceptors (Lipinski definition) is 3. The lowest BCUT2D eigenvalue weighted by Gasteiger charge is -2.16. The van der Waals surface area contributed by atoms with Gasteiger partial charge in [0.1, 0.15) is 18.1 Å². The Bertz CT molecular complexity index is 975. The first-order valence-corrected chi connectivity index (χ1v) is 10.3. The van der Waals surface area contributed by atoms with E-state index < -0.39 is 0 Å². The van der Waals surface area contributed by atoms with Gasteiger partial charge in [-0.3, -0.25) is 4.79 Å². The van der Waals surface area contributed by atoms with Gasteiger partial charge in [0.15, 0.2) is 0 Å². The molecule has 1 unspecified atom stereocenters. The lowest BCUT2D eigenvalue weighted by atomic mass is 10.1. The SMILES string of the molecule is COc1ccc(C(=O)NC(C)CCc2ccccc2)cc1COc1ccccc1Cl. The van der Waals surface area contributed by atoms with E-state index in [0.717, 1.165) is 18.4 Å². The third-order valence-corrected chi connectivity index (χ3v) is 5.16. The zero-order chi connectivity index (χ0) is 21.3. The van der Waals surface area contributed by atoms with Gasteiger partial charge in [-0.15, -0.1) is 0 Å². The van der Waals surface area contributed by atoms with Crippen molar-refractivity contribution >= 4 is 17.5 Å². The van der Waals surface area contributed by atoms with Crippen LogP contribution in [0.15, 0.2) is 72.8 Å². The maximum atomic E-state index is 12.7. The van der Waals surface area contributed by atoms with E-state index in [1.54, 1.807) is 37.4 Å². The number of halogens is 1. The third-order valence-electron chi connectivity index (χ3n) is 4.85. The highest BCUT2D eigenvalue weighted by atomic mass is 35.5. The molecule has 0 saturated heterocycles. The number of amides is 1. The standard InChI is InChI=1S/C25H26ClNO3/c1-18(12-13-19-8-4-3-5-9-19)27-25(28)20-14-15-23(29-2)21(16-20)17-30-24-11-7-6-10-22(24)26/h3-11,14-16,18H,12-13,17H2,1-2H3,(H,27,28). The first-order chi connectivity index (χ1) is 14.6. The Morgan fingerprint density at radius 3 is 2.47 bits per heavy atom. The number of benzene rings is 3. The first-order valence-electron chi connectivity index (χ1n) is 9.96. The number of methoxy groups -OCH3 is 1. The fourth-order valence-corrected chi connectivity index (χ4v) is 3.35. The Balaban J connectivity index is 1.62. The van der Waals surface area contributed by atoms with Gasteiger partial charge in [-0.05, 0) is 55.7 Å². The predicted molar refractivity (Wildman–Crippen MR) is 120 cm³/mol. The van der Waals surface area contributed by atoms with Gasteiger partial charge in [-0.1, -0.05) is 54.1 Å². The highest BCUT2D eigenvalue weighted by Gasteiger charge is 2.14. The second kappa shape index (κ2) is 10.7. The van der Waals surface area contributed by atoms with Crippen LogP contribution in [0.3, 0.4) is 0 Å². The van der Waals surface area contributed by atoms with Crippen molar-refractivity contribution in [2.24, 2.45) is 0 Å². The molecule has 30 heavy (non-hydrogen) atoms. The molecule has 1 amide bonds. The minimum absolute atomic E-state index is 0.0580. The summed E-state index contributed by atoms with van der Waals surface area (Å²) in [6.45, 7) is 2.27. The van der Waals surface area contributed by atoms with E-state index in [9.17, 15) is 4.79 Å². The molecule has 0 aromatic heterocycles. The van der Waals surface area contributed by atoms with Gasteiger partial charge in [0, 0.05) is 17.2 Å². The summed E-state index contributed by atoms with van der Waals surface area (Å²) in [5.41, 5.74) is 2.61. The number of carbonyl (C=O) groups excluding carboxylic acids is 1. The summed E-state index contributed by atoms with van der Waals surface area (Å²) in [4.78, 5) is 12.7.